The van der Waals surface area contributed by atoms with Gasteiger partial charge >= 0.3 is 0 Å². The third kappa shape index (κ3) is 3.03. The van der Waals surface area contributed by atoms with E-state index in [4.69, 9.17) is 5.73 Å². The summed E-state index contributed by atoms with van der Waals surface area (Å²) in [6.45, 7) is 2.81. The maximum absolute atomic E-state index is 5.88. The van der Waals surface area contributed by atoms with E-state index in [-0.39, 0.29) is 0 Å². The molecule has 3 aromatic rings. The van der Waals surface area contributed by atoms with Gasteiger partial charge in [-0.2, -0.15) is 0 Å². The molecule has 0 bridgehead atoms. The molecular formula is C17H17N5. The Labute approximate surface area is 129 Å². The number of aromatic nitrogens is 3. The molecule has 0 unspecified atom stereocenters. The van der Waals surface area contributed by atoms with Crippen LogP contribution in [0.3, 0.4) is 0 Å². The van der Waals surface area contributed by atoms with E-state index in [2.05, 4.69) is 39.3 Å². The normalized spacial score (nSPS) is 10.4. The number of nitrogens with one attached hydrogen (secondary N) is 1. The maximum Gasteiger partial charge on any atom is 0.165 e. The molecule has 3 rings (SSSR count). The quantitative estimate of drug-likeness (QED) is 0.772. The van der Waals surface area contributed by atoms with Crippen LogP contribution in [0.15, 0.2) is 54.9 Å². The van der Waals surface area contributed by atoms with Crippen LogP contribution in [-0.4, -0.2) is 15.0 Å². The highest BCUT2D eigenvalue weighted by molar-refractivity contribution is 5.68. The van der Waals surface area contributed by atoms with Gasteiger partial charge in [-0.25, -0.2) is 15.0 Å². The molecule has 5 heteroatoms. The van der Waals surface area contributed by atoms with Crippen LogP contribution < -0.4 is 11.1 Å². The van der Waals surface area contributed by atoms with Crippen LogP contribution in [0.1, 0.15) is 11.1 Å². The van der Waals surface area contributed by atoms with Gasteiger partial charge < -0.3 is 11.1 Å². The zero-order valence-electron chi connectivity index (χ0n) is 12.3. The summed E-state index contributed by atoms with van der Waals surface area (Å²) < 4.78 is 0. The van der Waals surface area contributed by atoms with Crippen LogP contribution in [0.25, 0.3) is 11.4 Å². The molecule has 0 saturated heterocycles. The van der Waals surface area contributed by atoms with Crippen molar-refractivity contribution in [3.05, 3.63) is 66.0 Å². The van der Waals surface area contributed by atoms with Gasteiger partial charge in [-0.3, -0.25) is 0 Å². The van der Waals surface area contributed by atoms with Gasteiger partial charge in [0.15, 0.2) is 5.82 Å². The number of benzene rings is 1. The Kier molecular flexibility index (Phi) is 3.96. The van der Waals surface area contributed by atoms with Crippen LogP contribution in [-0.2, 0) is 6.54 Å². The number of hydrogen-bond donors (Lipinski definition) is 2. The molecule has 22 heavy (non-hydrogen) atoms. The van der Waals surface area contributed by atoms with E-state index in [0.29, 0.717) is 18.2 Å². The molecule has 5 nitrogen and oxygen atoms in total. The minimum atomic E-state index is 0.429. The number of aryl methyl sites for hydroxylation is 1. The lowest BCUT2D eigenvalue weighted by molar-refractivity contribution is 1.07. The summed E-state index contributed by atoms with van der Waals surface area (Å²) in [6.07, 6.45) is 3.37. The van der Waals surface area contributed by atoms with E-state index in [1.807, 2.05) is 30.3 Å². The molecule has 0 saturated carbocycles. The van der Waals surface area contributed by atoms with Gasteiger partial charge in [0.2, 0.25) is 0 Å². The number of nitrogens with two attached hydrogens (primary N) is 1. The van der Waals surface area contributed by atoms with Gasteiger partial charge in [0.1, 0.15) is 11.6 Å². The van der Waals surface area contributed by atoms with Gasteiger partial charge in [0, 0.05) is 18.9 Å². The van der Waals surface area contributed by atoms with Crippen molar-refractivity contribution < 1.29 is 0 Å². The minimum Gasteiger partial charge on any atom is -0.383 e. The summed E-state index contributed by atoms with van der Waals surface area (Å²) in [5, 5.41) is 3.32. The van der Waals surface area contributed by atoms with Crippen molar-refractivity contribution in [3.8, 4) is 11.4 Å². The van der Waals surface area contributed by atoms with E-state index in [1.54, 1.807) is 12.4 Å². The SMILES string of the molecule is Cc1ccccc1CNc1ccnc(-c2cccnc2N)n1. The minimum absolute atomic E-state index is 0.429. The molecule has 0 aliphatic rings. The lowest BCUT2D eigenvalue weighted by atomic mass is 10.1. The molecule has 3 N–H and O–H groups in total. The number of nitrogens with zero attached hydrogens (tertiary/aromatic N) is 3. The van der Waals surface area contributed by atoms with E-state index >= 15 is 0 Å². The lowest BCUT2D eigenvalue weighted by Gasteiger charge is -2.09. The second-order valence-electron chi connectivity index (χ2n) is 4.98. The van der Waals surface area contributed by atoms with Crippen molar-refractivity contribution in [2.24, 2.45) is 0 Å². The Morgan fingerprint density at radius 1 is 1.00 bits per heavy atom. The molecule has 0 amide bonds. The summed E-state index contributed by atoms with van der Waals surface area (Å²) in [6, 6.07) is 13.8. The third-order valence-electron chi connectivity index (χ3n) is 3.46. The van der Waals surface area contributed by atoms with Crippen molar-refractivity contribution in [1.29, 1.82) is 0 Å². The standard InChI is InChI=1S/C17H17N5/c1-12-5-2-3-6-13(12)11-21-15-8-10-20-17(22-15)14-7-4-9-19-16(14)18/h2-10H,11H2,1H3,(H2,18,19)(H,20,21,22). The zero-order valence-corrected chi connectivity index (χ0v) is 12.3. The van der Waals surface area contributed by atoms with E-state index in [9.17, 15) is 0 Å². The maximum atomic E-state index is 5.88. The highest BCUT2D eigenvalue weighted by Gasteiger charge is 2.07. The second kappa shape index (κ2) is 6.22. The van der Waals surface area contributed by atoms with Crippen molar-refractivity contribution in [2.45, 2.75) is 13.5 Å². The first-order valence-corrected chi connectivity index (χ1v) is 7.06. The Bertz CT molecular complexity index is 785. The summed E-state index contributed by atoms with van der Waals surface area (Å²) in [7, 11) is 0. The monoisotopic (exact) mass is 291 g/mol. The summed E-state index contributed by atoms with van der Waals surface area (Å²) >= 11 is 0. The molecule has 110 valence electrons. The Balaban J connectivity index is 1.80. The molecule has 0 spiro atoms. The molecule has 0 aliphatic heterocycles. The van der Waals surface area contributed by atoms with Crippen LogP contribution in [0.4, 0.5) is 11.6 Å². The molecular weight excluding hydrogens is 274 g/mol. The summed E-state index contributed by atoms with van der Waals surface area (Å²) in [5.74, 6) is 1.76. The first-order chi connectivity index (χ1) is 10.7. The van der Waals surface area contributed by atoms with Crippen LogP contribution >= 0.6 is 0 Å². The van der Waals surface area contributed by atoms with Gasteiger partial charge in [0.05, 0.1) is 5.56 Å². The second-order valence-corrected chi connectivity index (χ2v) is 4.98. The first kappa shape index (κ1) is 14.0. The van der Waals surface area contributed by atoms with E-state index in [1.165, 1.54) is 11.1 Å². The number of rotatable bonds is 4. The summed E-state index contributed by atoms with van der Waals surface area (Å²) in [4.78, 5) is 12.8. The van der Waals surface area contributed by atoms with Gasteiger partial charge in [-0.1, -0.05) is 24.3 Å². The van der Waals surface area contributed by atoms with Gasteiger partial charge in [-0.15, -0.1) is 0 Å². The van der Waals surface area contributed by atoms with E-state index < -0.39 is 0 Å². The Morgan fingerprint density at radius 2 is 1.86 bits per heavy atom. The molecule has 1 aromatic carbocycles. The average molecular weight is 291 g/mol. The highest BCUT2D eigenvalue weighted by Crippen LogP contribution is 2.21. The highest BCUT2D eigenvalue weighted by atomic mass is 15.0. The molecule has 2 aromatic heterocycles. The van der Waals surface area contributed by atoms with Crippen molar-refractivity contribution in [1.82, 2.24) is 15.0 Å². The molecule has 0 atom stereocenters. The van der Waals surface area contributed by atoms with E-state index in [0.717, 1.165) is 11.4 Å². The van der Waals surface area contributed by atoms with Crippen LogP contribution in [0, 0.1) is 6.92 Å². The van der Waals surface area contributed by atoms with Crippen molar-refractivity contribution in [2.75, 3.05) is 11.1 Å². The number of hydrogen-bond acceptors (Lipinski definition) is 5. The smallest absolute Gasteiger partial charge is 0.165 e. The molecule has 0 radical (unpaired) electrons. The van der Waals surface area contributed by atoms with Crippen molar-refractivity contribution in [3.63, 3.8) is 0 Å². The molecule has 2 heterocycles. The predicted octanol–water partition coefficient (Wildman–Crippen LogP) is 3.04. The molecule has 0 aliphatic carbocycles. The fraction of sp³-hybridized carbons (Fsp3) is 0.118. The largest absolute Gasteiger partial charge is 0.383 e. The Morgan fingerprint density at radius 3 is 2.68 bits per heavy atom. The fourth-order valence-electron chi connectivity index (χ4n) is 2.19. The predicted molar refractivity (Wildman–Crippen MR) is 88.2 cm³/mol. The topological polar surface area (TPSA) is 76.7 Å². The first-order valence-electron chi connectivity index (χ1n) is 7.06. The molecule has 0 fully saturated rings. The number of nitrogen functional groups attached to an aromatic ring is 1. The third-order valence-corrected chi connectivity index (χ3v) is 3.46. The summed E-state index contributed by atoms with van der Waals surface area (Å²) in [5.41, 5.74) is 9.10. The number of anilines is 2. The lowest BCUT2D eigenvalue weighted by Crippen LogP contribution is -2.04. The fourth-order valence-corrected chi connectivity index (χ4v) is 2.19. The average Bonchev–Trinajstić information content (AvgIpc) is 2.55. The van der Waals surface area contributed by atoms with Crippen molar-refractivity contribution >= 4 is 11.6 Å². The van der Waals surface area contributed by atoms with Crippen LogP contribution in [0.5, 0.6) is 0 Å². The van der Waals surface area contributed by atoms with Crippen LogP contribution in [0.2, 0.25) is 0 Å². The van der Waals surface area contributed by atoms with Gasteiger partial charge in [0.25, 0.3) is 0 Å². The number of pyridine rings is 1. The van der Waals surface area contributed by atoms with Gasteiger partial charge in [-0.05, 0) is 36.2 Å². The Hall–Kier alpha value is -2.95. The zero-order chi connectivity index (χ0) is 15.4.